The third-order valence-corrected chi connectivity index (χ3v) is 3.45. The zero-order chi connectivity index (χ0) is 14.0. The zero-order valence-electron chi connectivity index (χ0n) is 11.0. The molecule has 0 saturated carbocycles. The molecular formula is C14H17NO4. The molecule has 0 bridgehead atoms. The second kappa shape index (κ2) is 5.30. The molecule has 1 N–H and O–H groups in total. The van der Waals surface area contributed by atoms with Crippen molar-refractivity contribution in [2.45, 2.75) is 25.7 Å². The smallest absolute Gasteiger partial charge is 0.311 e. The van der Waals surface area contributed by atoms with E-state index in [1.165, 1.54) is 14.0 Å². The van der Waals surface area contributed by atoms with Crippen LogP contribution in [0.15, 0.2) is 18.2 Å². The van der Waals surface area contributed by atoms with Crippen LogP contribution in [0.2, 0.25) is 0 Å². The van der Waals surface area contributed by atoms with Crippen molar-refractivity contribution in [2.24, 2.45) is 0 Å². The van der Waals surface area contributed by atoms with E-state index in [2.05, 4.69) is 0 Å². The normalized spacial score (nSPS) is 18.4. The van der Waals surface area contributed by atoms with Crippen molar-refractivity contribution in [2.75, 3.05) is 18.6 Å². The number of carboxylic acids is 1. The molecule has 0 spiro atoms. The lowest BCUT2D eigenvalue weighted by atomic mass is 9.94. The van der Waals surface area contributed by atoms with Crippen LogP contribution in [0.3, 0.4) is 0 Å². The van der Waals surface area contributed by atoms with E-state index < -0.39 is 11.9 Å². The Morgan fingerprint density at radius 1 is 1.42 bits per heavy atom. The topological polar surface area (TPSA) is 66.8 Å². The Kier molecular flexibility index (Phi) is 3.74. The lowest BCUT2D eigenvalue weighted by molar-refractivity contribution is -0.139. The summed E-state index contributed by atoms with van der Waals surface area (Å²) in [5.74, 6) is -0.915. The van der Waals surface area contributed by atoms with E-state index >= 15 is 0 Å². The molecule has 1 aliphatic heterocycles. The van der Waals surface area contributed by atoms with Gasteiger partial charge >= 0.3 is 5.97 Å². The fourth-order valence-electron chi connectivity index (χ4n) is 2.50. The average molecular weight is 263 g/mol. The molecule has 5 nitrogen and oxygen atoms in total. The van der Waals surface area contributed by atoms with Gasteiger partial charge in [-0.1, -0.05) is 0 Å². The molecule has 1 aliphatic rings. The van der Waals surface area contributed by atoms with Crippen molar-refractivity contribution in [3.05, 3.63) is 23.8 Å². The van der Waals surface area contributed by atoms with Crippen LogP contribution in [0.25, 0.3) is 0 Å². The summed E-state index contributed by atoms with van der Waals surface area (Å²) in [5.41, 5.74) is 1.33. The molecule has 0 aliphatic carbocycles. The second-order valence-corrected chi connectivity index (χ2v) is 4.63. The highest BCUT2D eigenvalue weighted by Crippen LogP contribution is 2.37. The van der Waals surface area contributed by atoms with Gasteiger partial charge in [0.25, 0.3) is 0 Å². The summed E-state index contributed by atoms with van der Waals surface area (Å²) < 4.78 is 5.15. The highest BCUT2D eigenvalue weighted by Gasteiger charge is 2.29. The molecule has 5 heteroatoms. The number of benzene rings is 1. The Labute approximate surface area is 111 Å². The Hall–Kier alpha value is -2.04. The van der Waals surface area contributed by atoms with E-state index in [9.17, 15) is 14.7 Å². The van der Waals surface area contributed by atoms with Crippen molar-refractivity contribution in [1.29, 1.82) is 0 Å². The molecule has 0 fully saturated rings. The van der Waals surface area contributed by atoms with Gasteiger partial charge in [-0.25, -0.2) is 0 Å². The van der Waals surface area contributed by atoms with Gasteiger partial charge in [-0.15, -0.1) is 0 Å². The van der Waals surface area contributed by atoms with E-state index in [0.29, 0.717) is 36.4 Å². The highest BCUT2D eigenvalue weighted by atomic mass is 16.5. The van der Waals surface area contributed by atoms with Crippen LogP contribution in [0.5, 0.6) is 5.75 Å². The van der Waals surface area contributed by atoms with Crippen LogP contribution in [0, 0.1) is 0 Å². The van der Waals surface area contributed by atoms with Crippen LogP contribution in [0.4, 0.5) is 5.69 Å². The first-order valence-corrected chi connectivity index (χ1v) is 6.23. The summed E-state index contributed by atoms with van der Waals surface area (Å²) in [5, 5.41) is 9.35. The zero-order valence-corrected chi connectivity index (χ0v) is 11.0. The first-order chi connectivity index (χ1) is 9.04. The number of ether oxygens (including phenoxy) is 1. The van der Waals surface area contributed by atoms with Crippen LogP contribution in [-0.2, 0) is 9.59 Å². The predicted molar refractivity (Wildman–Crippen MR) is 70.6 cm³/mol. The Bertz CT molecular complexity index is 512. The molecule has 2 rings (SSSR count). The maximum atomic E-state index is 11.7. The van der Waals surface area contributed by atoms with Gasteiger partial charge in [0.15, 0.2) is 0 Å². The number of carbonyl (C=O) groups is 2. The molecule has 1 heterocycles. The van der Waals surface area contributed by atoms with E-state index in [-0.39, 0.29) is 5.91 Å². The number of rotatable bonds is 2. The van der Waals surface area contributed by atoms with E-state index in [1.807, 2.05) is 0 Å². The number of aliphatic carboxylic acids is 1. The number of hydrogen-bond donors (Lipinski definition) is 1. The third-order valence-electron chi connectivity index (χ3n) is 3.45. The first kappa shape index (κ1) is 13.4. The van der Waals surface area contributed by atoms with E-state index in [0.717, 1.165) is 0 Å². The number of hydrogen-bond acceptors (Lipinski definition) is 3. The van der Waals surface area contributed by atoms with Gasteiger partial charge in [0.1, 0.15) is 5.75 Å². The number of carbonyl (C=O) groups excluding carboxylic acids is 1. The molecule has 1 aromatic rings. The summed E-state index contributed by atoms with van der Waals surface area (Å²) in [6.07, 6.45) is 1.20. The largest absolute Gasteiger partial charge is 0.497 e. The van der Waals surface area contributed by atoms with Crippen molar-refractivity contribution in [1.82, 2.24) is 0 Å². The number of fused-ring (bicyclic) bond motifs is 1. The minimum atomic E-state index is -0.861. The molecule has 0 aromatic heterocycles. The van der Waals surface area contributed by atoms with Gasteiger partial charge in [0.2, 0.25) is 5.91 Å². The molecule has 1 unspecified atom stereocenters. The fraction of sp³-hybridized carbons (Fsp3) is 0.429. The number of anilines is 1. The van der Waals surface area contributed by atoms with Crippen LogP contribution < -0.4 is 9.64 Å². The van der Waals surface area contributed by atoms with Gasteiger partial charge in [0.05, 0.1) is 13.0 Å². The molecule has 0 saturated heterocycles. The number of methoxy groups -OCH3 is 1. The van der Waals surface area contributed by atoms with Gasteiger partial charge in [-0.05, 0) is 36.6 Å². The Morgan fingerprint density at radius 2 is 2.16 bits per heavy atom. The Balaban J connectivity index is 2.56. The van der Waals surface area contributed by atoms with Gasteiger partial charge in [0, 0.05) is 19.2 Å². The Morgan fingerprint density at radius 3 is 2.74 bits per heavy atom. The van der Waals surface area contributed by atoms with E-state index in [4.69, 9.17) is 4.74 Å². The standard InChI is InChI=1S/C14H17NO4/c1-9(16)15-7-3-4-11(14(17)18)12-8-10(19-2)5-6-13(12)15/h5-6,8,11H,3-4,7H2,1-2H3,(H,17,18). The molecule has 0 radical (unpaired) electrons. The van der Waals surface area contributed by atoms with Gasteiger partial charge in [-0.2, -0.15) is 0 Å². The van der Waals surface area contributed by atoms with Gasteiger partial charge in [-0.3, -0.25) is 9.59 Å². The number of carboxylic acid groups (broad SMARTS) is 1. The SMILES string of the molecule is COc1ccc2c(c1)C(C(=O)O)CCCN2C(C)=O. The third kappa shape index (κ3) is 2.54. The maximum Gasteiger partial charge on any atom is 0.311 e. The first-order valence-electron chi connectivity index (χ1n) is 6.23. The van der Waals surface area contributed by atoms with E-state index in [1.54, 1.807) is 23.1 Å². The number of amides is 1. The second-order valence-electron chi connectivity index (χ2n) is 4.63. The monoisotopic (exact) mass is 263 g/mol. The quantitative estimate of drug-likeness (QED) is 0.886. The summed E-state index contributed by atoms with van der Waals surface area (Å²) in [7, 11) is 1.54. The van der Waals surface area contributed by atoms with Crippen LogP contribution in [-0.4, -0.2) is 30.6 Å². The lowest BCUT2D eigenvalue weighted by Crippen LogP contribution is -2.29. The molecule has 1 amide bonds. The van der Waals surface area contributed by atoms with Crippen LogP contribution in [0.1, 0.15) is 31.2 Å². The lowest BCUT2D eigenvalue weighted by Gasteiger charge is -2.22. The maximum absolute atomic E-state index is 11.7. The molecule has 102 valence electrons. The fourth-order valence-corrected chi connectivity index (χ4v) is 2.50. The molecule has 1 aromatic carbocycles. The van der Waals surface area contributed by atoms with Crippen LogP contribution >= 0.6 is 0 Å². The summed E-state index contributed by atoms with van der Waals surface area (Å²) in [6.45, 7) is 2.05. The van der Waals surface area contributed by atoms with Gasteiger partial charge < -0.3 is 14.7 Å². The van der Waals surface area contributed by atoms with Crippen molar-refractivity contribution in [3.63, 3.8) is 0 Å². The van der Waals surface area contributed by atoms with Crippen molar-refractivity contribution in [3.8, 4) is 5.75 Å². The minimum absolute atomic E-state index is 0.0718. The molecular weight excluding hydrogens is 246 g/mol. The average Bonchev–Trinajstić information content (AvgIpc) is 2.57. The highest BCUT2D eigenvalue weighted by molar-refractivity contribution is 5.94. The minimum Gasteiger partial charge on any atom is -0.497 e. The summed E-state index contributed by atoms with van der Waals surface area (Å²) >= 11 is 0. The number of nitrogens with zero attached hydrogens (tertiary/aromatic N) is 1. The molecule has 19 heavy (non-hydrogen) atoms. The molecule has 1 atom stereocenters. The van der Waals surface area contributed by atoms with Crippen molar-refractivity contribution >= 4 is 17.6 Å². The predicted octanol–water partition coefficient (Wildman–Crippen LogP) is 2.01. The summed E-state index contributed by atoms with van der Waals surface area (Å²) in [4.78, 5) is 24.7. The summed E-state index contributed by atoms with van der Waals surface area (Å²) in [6, 6.07) is 5.23. The van der Waals surface area contributed by atoms with Crippen molar-refractivity contribution < 1.29 is 19.4 Å².